The van der Waals surface area contributed by atoms with Gasteiger partial charge in [0.1, 0.15) is 0 Å². The number of hydrogen-bond acceptors (Lipinski definition) is 3. The number of carbonyl (C=O) groups is 1. The van der Waals surface area contributed by atoms with Crippen LogP contribution in [0.4, 0.5) is 0 Å². The number of halogens is 1. The van der Waals surface area contributed by atoms with Crippen LogP contribution in [0.3, 0.4) is 0 Å². The van der Waals surface area contributed by atoms with Crippen molar-refractivity contribution in [3.63, 3.8) is 0 Å². The van der Waals surface area contributed by atoms with Gasteiger partial charge in [0.05, 0.1) is 0 Å². The number of carbonyl (C=O) groups excluding carboxylic acids is 1. The molecule has 1 heterocycles. The summed E-state index contributed by atoms with van der Waals surface area (Å²) in [7, 11) is 2.18. The Hall–Kier alpha value is -1.35. The second-order valence-electron chi connectivity index (χ2n) is 8.27. The zero-order valence-corrected chi connectivity index (χ0v) is 22.1. The van der Waals surface area contributed by atoms with Gasteiger partial charge >= 0.3 is 0 Å². The molecular weight excluding hydrogens is 501 g/mol. The number of aliphatic imine (C=N–C) groups is 1. The van der Waals surface area contributed by atoms with E-state index in [0.717, 1.165) is 64.4 Å². The number of benzene rings is 1. The minimum absolute atomic E-state index is 0. The fraction of sp³-hybridized carbons (Fsp3) is 0.667. The maximum Gasteiger partial charge on any atom is 0.222 e. The Kier molecular flexibility index (Phi) is 13.8. The van der Waals surface area contributed by atoms with E-state index in [2.05, 4.69) is 78.6 Å². The quantitative estimate of drug-likeness (QED) is 0.239. The van der Waals surface area contributed by atoms with E-state index in [1.165, 1.54) is 5.56 Å². The lowest BCUT2D eigenvalue weighted by atomic mass is 10.1. The third kappa shape index (κ3) is 9.76. The van der Waals surface area contributed by atoms with Gasteiger partial charge in [-0.2, -0.15) is 0 Å². The SMILES string of the molecule is CCNC(=NCCC(CC)N1CCCC1=O)NCCC(C)N(C)Cc1ccccc1.I. The Morgan fingerprint density at radius 1 is 1.19 bits per heavy atom. The molecule has 31 heavy (non-hydrogen) atoms. The molecule has 0 aromatic heterocycles. The summed E-state index contributed by atoms with van der Waals surface area (Å²) in [6.45, 7) is 10.9. The summed E-state index contributed by atoms with van der Waals surface area (Å²) < 4.78 is 0. The first kappa shape index (κ1) is 27.7. The van der Waals surface area contributed by atoms with Crippen LogP contribution in [0.15, 0.2) is 35.3 Å². The summed E-state index contributed by atoms with van der Waals surface area (Å²) in [6, 6.07) is 11.4. The molecule has 2 rings (SSSR count). The smallest absolute Gasteiger partial charge is 0.222 e. The van der Waals surface area contributed by atoms with Crippen LogP contribution in [-0.2, 0) is 11.3 Å². The van der Waals surface area contributed by atoms with Crippen LogP contribution in [-0.4, -0.2) is 67.0 Å². The number of amides is 1. The zero-order valence-electron chi connectivity index (χ0n) is 19.8. The van der Waals surface area contributed by atoms with Gasteiger partial charge in [-0.25, -0.2) is 0 Å². The van der Waals surface area contributed by atoms with E-state index in [1.54, 1.807) is 0 Å². The Balaban J connectivity index is 0.00000480. The van der Waals surface area contributed by atoms with Gasteiger partial charge in [0.2, 0.25) is 5.91 Å². The number of rotatable bonds is 12. The summed E-state index contributed by atoms with van der Waals surface area (Å²) in [6.07, 6.45) is 4.68. The van der Waals surface area contributed by atoms with Crippen molar-refractivity contribution < 1.29 is 4.79 Å². The first-order valence-electron chi connectivity index (χ1n) is 11.6. The van der Waals surface area contributed by atoms with E-state index >= 15 is 0 Å². The van der Waals surface area contributed by atoms with E-state index in [0.29, 0.717) is 24.4 Å². The van der Waals surface area contributed by atoms with Gasteiger partial charge in [0.15, 0.2) is 5.96 Å². The predicted molar refractivity (Wildman–Crippen MR) is 141 cm³/mol. The van der Waals surface area contributed by atoms with Gasteiger partial charge in [-0.05, 0) is 52.1 Å². The van der Waals surface area contributed by atoms with E-state index in [9.17, 15) is 4.79 Å². The summed E-state index contributed by atoms with van der Waals surface area (Å²) >= 11 is 0. The van der Waals surface area contributed by atoms with Gasteiger partial charge in [-0.1, -0.05) is 37.3 Å². The molecule has 1 aromatic rings. The van der Waals surface area contributed by atoms with Crippen molar-refractivity contribution in [3.8, 4) is 0 Å². The van der Waals surface area contributed by atoms with Crippen molar-refractivity contribution in [2.24, 2.45) is 4.99 Å². The lowest BCUT2D eigenvalue weighted by Gasteiger charge is -2.26. The molecule has 2 unspecified atom stereocenters. The van der Waals surface area contributed by atoms with Crippen LogP contribution in [0.25, 0.3) is 0 Å². The van der Waals surface area contributed by atoms with Crippen molar-refractivity contribution in [2.75, 3.05) is 33.2 Å². The molecule has 0 spiro atoms. The van der Waals surface area contributed by atoms with E-state index in [1.807, 2.05) is 0 Å². The average molecular weight is 544 g/mol. The first-order valence-corrected chi connectivity index (χ1v) is 11.6. The predicted octanol–water partition coefficient (Wildman–Crippen LogP) is 3.86. The van der Waals surface area contributed by atoms with Crippen molar-refractivity contribution in [1.29, 1.82) is 0 Å². The Morgan fingerprint density at radius 3 is 2.55 bits per heavy atom. The molecule has 1 saturated heterocycles. The highest BCUT2D eigenvalue weighted by molar-refractivity contribution is 14.0. The van der Waals surface area contributed by atoms with Crippen LogP contribution >= 0.6 is 24.0 Å². The van der Waals surface area contributed by atoms with E-state index in [-0.39, 0.29) is 24.0 Å². The third-order valence-electron chi connectivity index (χ3n) is 5.98. The molecule has 1 aromatic carbocycles. The molecule has 1 aliphatic rings. The van der Waals surface area contributed by atoms with Crippen molar-refractivity contribution in [1.82, 2.24) is 20.4 Å². The zero-order chi connectivity index (χ0) is 21.8. The van der Waals surface area contributed by atoms with Crippen LogP contribution in [0.5, 0.6) is 0 Å². The summed E-state index contributed by atoms with van der Waals surface area (Å²) in [5.74, 6) is 1.18. The minimum Gasteiger partial charge on any atom is -0.357 e. The van der Waals surface area contributed by atoms with E-state index in [4.69, 9.17) is 4.99 Å². The molecule has 0 saturated carbocycles. The molecule has 1 fully saturated rings. The molecule has 7 heteroatoms. The molecule has 1 aliphatic heterocycles. The molecule has 0 radical (unpaired) electrons. The molecule has 6 nitrogen and oxygen atoms in total. The molecule has 0 bridgehead atoms. The van der Waals surface area contributed by atoms with Gasteiger partial charge in [0.25, 0.3) is 0 Å². The van der Waals surface area contributed by atoms with Gasteiger partial charge in [-0.3, -0.25) is 14.7 Å². The highest BCUT2D eigenvalue weighted by Crippen LogP contribution is 2.18. The highest BCUT2D eigenvalue weighted by atomic mass is 127. The molecule has 1 amide bonds. The lowest BCUT2D eigenvalue weighted by molar-refractivity contribution is -0.129. The molecule has 176 valence electrons. The molecular formula is C24H42IN5O. The first-order chi connectivity index (χ1) is 14.5. The largest absolute Gasteiger partial charge is 0.357 e. The minimum atomic E-state index is 0. The standard InChI is InChI=1S/C24H41N5O.HI/c1-5-22(29-18-10-13-23(29)30)15-17-27-24(25-6-2)26-16-14-20(3)28(4)19-21-11-8-7-9-12-21;/h7-9,11-12,20,22H,5-6,10,13-19H2,1-4H3,(H2,25,26,27);1H. The second kappa shape index (κ2) is 15.5. The normalized spacial score (nSPS) is 16.2. The maximum atomic E-state index is 12.0. The topological polar surface area (TPSA) is 60.0 Å². The Morgan fingerprint density at radius 2 is 1.94 bits per heavy atom. The fourth-order valence-electron chi connectivity index (χ4n) is 3.95. The summed E-state index contributed by atoms with van der Waals surface area (Å²) in [4.78, 5) is 21.2. The van der Waals surface area contributed by atoms with Gasteiger partial charge in [-0.15, -0.1) is 24.0 Å². The van der Waals surface area contributed by atoms with Crippen molar-refractivity contribution in [2.45, 2.75) is 71.5 Å². The van der Waals surface area contributed by atoms with Crippen LogP contribution in [0, 0.1) is 0 Å². The number of nitrogens with one attached hydrogen (secondary N) is 2. The van der Waals surface area contributed by atoms with Crippen LogP contribution < -0.4 is 10.6 Å². The molecule has 0 aliphatic carbocycles. The van der Waals surface area contributed by atoms with Gasteiger partial charge in [0, 0.05) is 51.2 Å². The van der Waals surface area contributed by atoms with E-state index < -0.39 is 0 Å². The fourth-order valence-corrected chi connectivity index (χ4v) is 3.95. The monoisotopic (exact) mass is 543 g/mol. The highest BCUT2D eigenvalue weighted by Gasteiger charge is 2.26. The second-order valence-corrected chi connectivity index (χ2v) is 8.27. The van der Waals surface area contributed by atoms with Crippen LogP contribution in [0.1, 0.15) is 58.4 Å². The molecule has 2 atom stereocenters. The number of nitrogens with zero attached hydrogens (tertiary/aromatic N) is 3. The number of guanidine groups is 1. The number of hydrogen-bond donors (Lipinski definition) is 2. The average Bonchev–Trinajstić information content (AvgIpc) is 3.17. The van der Waals surface area contributed by atoms with Crippen molar-refractivity contribution in [3.05, 3.63) is 35.9 Å². The summed E-state index contributed by atoms with van der Waals surface area (Å²) in [5.41, 5.74) is 1.34. The Bertz CT molecular complexity index is 655. The molecule has 2 N–H and O–H groups in total. The Labute approximate surface area is 206 Å². The maximum absolute atomic E-state index is 12.0. The summed E-state index contributed by atoms with van der Waals surface area (Å²) in [5, 5.41) is 6.81. The lowest BCUT2D eigenvalue weighted by Crippen LogP contribution is -2.40. The van der Waals surface area contributed by atoms with Gasteiger partial charge < -0.3 is 15.5 Å². The van der Waals surface area contributed by atoms with Crippen molar-refractivity contribution >= 4 is 35.8 Å². The third-order valence-corrected chi connectivity index (χ3v) is 5.98. The van der Waals surface area contributed by atoms with Crippen LogP contribution in [0.2, 0.25) is 0 Å². The number of likely N-dealkylation sites (tertiary alicyclic amines) is 1.